The molecule has 2 nitrogen and oxygen atoms in total. The van der Waals surface area contributed by atoms with E-state index in [1.165, 1.54) is 67.0 Å². The SMILES string of the molecule is c1ccc(-c2ccc(-c3cc(-c4ccc(-c5ccc6c(c5)C5(c7ccccc7-6)c6ccccc6N(c6ccccc6)c6ccccc65)cc4)cc(-c4ccccc4)n3)cc2)cc1. The van der Waals surface area contributed by atoms with Gasteiger partial charge in [-0.3, -0.25) is 0 Å². The molecule has 12 rings (SSSR count). The number of para-hydroxylation sites is 3. The van der Waals surface area contributed by atoms with Gasteiger partial charge in [-0.2, -0.15) is 0 Å². The van der Waals surface area contributed by atoms with Crippen molar-refractivity contribution in [3.05, 3.63) is 265 Å². The summed E-state index contributed by atoms with van der Waals surface area (Å²) in [6, 6.07) is 88.3. The Morgan fingerprint density at radius 1 is 0.274 bits per heavy atom. The van der Waals surface area contributed by atoms with Crippen LogP contribution < -0.4 is 4.90 Å². The predicted octanol–water partition coefficient (Wildman–Crippen LogP) is 15.6. The molecule has 1 aromatic heterocycles. The van der Waals surface area contributed by atoms with Gasteiger partial charge in [0.1, 0.15) is 0 Å². The zero-order valence-electron chi connectivity index (χ0n) is 34.0. The summed E-state index contributed by atoms with van der Waals surface area (Å²) < 4.78 is 0. The first-order valence-electron chi connectivity index (χ1n) is 21.4. The second kappa shape index (κ2) is 14.6. The molecule has 0 radical (unpaired) electrons. The van der Waals surface area contributed by atoms with Crippen LogP contribution in [-0.2, 0) is 5.41 Å². The van der Waals surface area contributed by atoms with Crippen molar-refractivity contribution in [1.82, 2.24) is 4.98 Å². The fraction of sp³-hybridized carbons (Fsp3) is 0.0167. The Bertz CT molecular complexity index is 3210. The Morgan fingerprint density at radius 3 is 1.29 bits per heavy atom. The first-order chi connectivity index (χ1) is 30.7. The van der Waals surface area contributed by atoms with Crippen molar-refractivity contribution in [2.45, 2.75) is 5.41 Å². The number of rotatable bonds is 6. The molecule has 1 aliphatic carbocycles. The second-order valence-corrected chi connectivity index (χ2v) is 16.3. The third kappa shape index (κ3) is 5.68. The van der Waals surface area contributed by atoms with Gasteiger partial charge in [0.25, 0.3) is 0 Å². The summed E-state index contributed by atoms with van der Waals surface area (Å²) in [6.45, 7) is 0. The van der Waals surface area contributed by atoms with Crippen LogP contribution in [0.15, 0.2) is 243 Å². The summed E-state index contributed by atoms with van der Waals surface area (Å²) in [5, 5.41) is 0. The highest BCUT2D eigenvalue weighted by molar-refractivity contribution is 5.96. The van der Waals surface area contributed by atoms with Gasteiger partial charge in [0.2, 0.25) is 0 Å². The third-order valence-corrected chi connectivity index (χ3v) is 12.9. The van der Waals surface area contributed by atoms with E-state index in [9.17, 15) is 0 Å². The van der Waals surface area contributed by atoms with Crippen LogP contribution >= 0.6 is 0 Å². The smallest absolute Gasteiger partial charge is 0.0754 e. The third-order valence-electron chi connectivity index (χ3n) is 12.9. The minimum Gasteiger partial charge on any atom is -0.310 e. The van der Waals surface area contributed by atoms with Gasteiger partial charge in [-0.05, 0) is 109 Å². The number of fused-ring (bicyclic) bond motifs is 9. The van der Waals surface area contributed by atoms with Crippen LogP contribution in [0.4, 0.5) is 17.1 Å². The zero-order valence-corrected chi connectivity index (χ0v) is 34.0. The molecule has 0 saturated carbocycles. The lowest BCUT2D eigenvalue weighted by atomic mass is 9.64. The monoisotopic (exact) mass is 788 g/mol. The highest BCUT2D eigenvalue weighted by Gasteiger charge is 2.51. The largest absolute Gasteiger partial charge is 0.310 e. The van der Waals surface area contributed by atoms with Crippen molar-refractivity contribution in [2.75, 3.05) is 4.90 Å². The van der Waals surface area contributed by atoms with E-state index >= 15 is 0 Å². The van der Waals surface area contributed by atoms with Crippen LogP contribution in [-0.4, -0.2) is 4.98 Å². The summed E-state index contributed by atoms with van der Waals surface area (Å²) in [4.78, 5) is 7.65. The molecule has 10 aromatic rings. The van der Waals surface area contributed by atoms with E-state index < -0.39 is 5.41 Å². The number of anilines is 3. The van der Waals surface area contributed by atoms with Crippen molar-refractivity contribution < 1.29 is 0 Å². The maximum Gasteiger partial charge on any atom is 0.0754 e. The van der Waals surface area contributed by atoms with Crippen molar-refractivity contribution in [3.63, 3.8) is 0 Å². The molecule has 0 bridgehead atoms. The fourth-order valence-electron chi connectivity index (χ4n) is 10.1. The van der Waals surface area contributed by atoms with E-state index in [-0.39, 0.29) is 0 Å². The molecule has 1 spiro atoms. The van der Waals surface area contributed by atoms with Crippen molar-refractivity contribution >= 4 is 17.1 Å². The van der Waals surface area contributed by atoms with Gasteiger partial charge in [0.15, 0.2) is 0 Å². The summed E-state index contributed by atoms with van der Waals surface area (Å²) in [5.74, 6) is 0. The van der Waals surface area contributed by atoms with Gasteiger partial charge < -0.3 is 4.90 Å². The minimum absolute atomic E-state index is 0.499. The molecule has 2 heteroatoms. The summed E-state index contributed by atoms with van der Waals surface area (Å²) >= 11 is 0. The number of nitrogens with zero attached hydrogens (tertiary/aromatic N) is 2. The molecule has 290 valence electrons. The van der Waals surface area contributed by atoms with E-state index in [0.29, 0.717) is 0 Å². The van der Waals surface area contributed by atoms with E-state index in [0.717, 1.165) is 39.3 Å². The molecule has 0 fully saturated rings. The van der Waals surface area contributed by atoms with Crippen LogP contribution in [0.2, 0.25) is 0 Å². The van der Waals surface area contributed by atoms with Gasteiger partial charge in [0.05, 0.1) is 28.2 Å². The van der Waals surface area contributed by atoms with E-state index in [1.807, 2.05) is 0 Å². The van der Waals surface area contributed by atoms with Crippen LogP contribution in [0.25, 0.3) is 67.0 Å². The average molecular weight is 789 g/mol. The highest BCUT2D eigenvalue weighted by atomic mass is 15.2. The molecule has 2 heterocycles. The quantitative estimate of drug-likeness (QED) is 0.167. The lowest BCUT2D eigenvalue weighted by Gasteiger charge is -2.45. The molecule has 0 saturated heterocycles. The molecule has 0 unspecified atom stereocenters. The Labute approximate surface area is 362 Å². The summed E-state index contributed by atoms with van der Waals surface area (Å²) in [5.41, 5.74) is 22.0. The number of hydrogen-bond donors (Lipinski definition) is 0. The predicted molar refractivity (Wildman–Crippen MR) is 257 cm³/mol. The average Bonchev–Trinajstić information content (AvgIpc) is 3.65. The Balaban J connectivity index is 0.971. The van der Waals surface area contributed by atoms with Gasteiger partial charge in [-0.1, -0.05) is 200 Å². The number of aromatic nitrogens is 1. The van der Waals surface area contributed by atoms with Gasteiger partial charge in [0, 0.05) is 16.8 Å². The Kier molecular flexibility index (Phi) is 8.43. The maximum absolute atomic E-state index is 5.21. The molecule has 1 aliphatic heterocycles. The fourth-order valence-corrected chi connectivity index (χ4v) is 10.1. The maximum atomic E-state index is 5.21. The van der Waals surface area contributed by atoms with Gasteiger partial charge >= 0.3 is 0 Å². The lowest BCUT2D eigenvalue weighted by molar-refractivity contribution is 0.753. The molecular weight excluding hydrogens is 749 g/mol. The van der Waals surface area contributed by atoms with Gasteiger partial charge in [-0.15, -0.1) is 0 Å². The van der Waals surface area contributed by atoms with Crippen molar-refractivity contribution in [2.24, 2.45) is 0 Å². The van der Waals surface area contributed by atoms with E-state index in [4.69, 9.17) is 4.98 Å². The lowest BCUT2D eigenvalue weighted by Crippen LogP contribution is -2.36. The second-order valence-electron chi connectivity index (χ2n) is 16.3. The molecule has 62 heavy (non-hydrogen) atoms. The van der Waals surface area contributed by atoms with Crippen LogP contribution in [0.1, 0.15) is 22.3 Å². The summed E-state index contributed by atoms with van der Waals surface area (Å²) in [7, 11) is 0. The molecule has 9 aromatic carbocycles. The topological polar surface area (TPSA) is 16.1 Å². The molecule has 2 aliphatic rings. The van der Waals surface area contributed by atoms with E-state index in [1.54, 1.807) is 0 Å². The molecule has 0 amide bonds. The van der Waals surface area contributed by atoms with Crippen LogP contribution in [0, 0.1) is 0 Å². The highest BCUT2D eigenvalue weighted by Crippen LogP contribution is 2.63. The van der Waals surface area contributed by atoms with Crippen LogP contribution in [0.3, 0.4) is 0 Å². The van der Waals surface area contributed by atoms with Crippen LogP contribution in [0.5, 0.6) is 0 Å². The Hall–Kier alpha value is -8.07. The van der Waals surface area contributed by atoms with Gasteiger partial charge in [-0.25, -0.2) is 4.98 Å². The van der Waals surface area contributed by atoms with E-state index in [2.05, 4.69) is 248 Å². The normalized spacial score (nSPS) is 12.9. The molecule has 0 atom stereocenters. The minimum atomic E-state index is -0.499. The molecular formula is C60H40N2. The number of hydrogen-bond acceptors (Lipinski definition) is 2. The zero-order chi connectivity index (χ0) is 41.0. The number of pyridine rings is 1. The van der Waals surface area contributed by atoms with Crippen molar-refractivity contribution in [3.8, 4) is 67.0 Å². The Morgan fingerprint density at radius 2 is 0.677 bits per heavy atom. The first kappa shape index (κ1) is 35.8. The summed E-state index contributed by atoms with van der Waals surface area (Å²) in [6.07, 6.45) is 0. The van der Waals surface area contributed by atoms with Crippen molar-refractivity contribution in [1.29, 1.82) is 0 Å². The molecule has 0 N–H and O–H groups in total. The first-order valence-corrected chi connectivity index (χ1v) is 21.4. The number of benzene rings is 9. The standard InChI is InChI=1S/C60H40N2/c1-4-16-41(17-5-1)42-32-34-46(35-33-42)57-40-48(39-56(61-57)45-18-6-2-7-19-45)44-30-28-43(29-31-44)47-36-37-51-50-22-10-11-23-52(50)60(55(51)38-47)53-24-12-14-26-58(53)62(49-20-8-3-9-21-49)59-27-15-13-25-54(59)60/h1-40H.